The highest BCUT2D eigenvalue weighted by Gasteiger charge is 2.32. The lowest BCUT2D eigenvalue weighted by Crippen LogP contribution is -2.45. The summed E-state index contributed by atoms with van der Waals surface area (Å²) in [6.45, 7) is -11.5. The molecule has 1 aromatic rings. The van der Waals surface area contributed by atoms with Crippen molar-refractivity contribution in [2.24, 2.45) is 0 Å². The van der Waals surface area contributed by atoms with Crippen LogP contribution in [0.3, 0.4) is 0 Å². The minimum atomic E-state index is -3.45. The Bertz CT molecular complexity index is 660. The molecule has 4 heteroatoms. The summed E-state index contributed by atoms with van der Waals surface area (Å²) in [5, 5.41) is 29.9. The number of fused-ring (bicyclic) bond motifs is 1. The molecule has 0 saturated heterocycles. The second kappa shape index (κ2) is 3.89. The number of aliphatic hydroxyl groups excluding tert-OH is 1. The summed E-state index contributed by atoms with van der Waals surface area (Å²) < 4.78 is 69.4. The summed E-state index contributed by atoms with van der Waals surface area (Å²) in [5.74, 6) is -0.846. The molecule has 94 valence electrons. The first-order valence-corrected chi connectivity index (χ1v) is 5.02. The van der Waals surface area contributed by atoms with E-state index in [2.05, 4.69) is 0 Å². The van der Waals surface area contributed by atoms with E-state index in [1.54, 1.807) is 0 Å². The zero-order valence-electron chi connectivity index (χ0n) is 17.9. The maximum Gasteiger partial charge on any atom is 0.124 e. The third-order valence-corrected chi connectivity index (χ3v) is 2.82. The van der Waals surface area contributed by atoms with Crippen molar-refractivity contribution >= 4 is 0 Å². The van der Waals surface area contributed by atoms with E-state index in [0.29, 0.717) is 4.90 Å². The lowest BCUT2D eigenvalue weighted by Gasteiger charge is -2.41. The van der Waals surface area contributed by atoms with Crippen LogP contribution in [0, 0.1) is 0 Å². The van der Waals surface area contributed by atoms with E-state index in [4.69, 9.17) is 12.3 Å². The van der Waals surface area contributed by atoms with Gasteiger partial charge >= 0.3 is 0 Å². The Morgan fingerprint density at radius 3 is 2.71 bits per heavy atom. The lowest BCUT2D eigenvalue weighted by molar-refractivity contribution is 0.0363. The number of aliphatic hydroxyl groups is 1. The van der Waals surface area contributed by atoms with Crippen LogP contribution in [0.25, 0.3) is 0 Å². The molecule has 0 saturated carbocycles. The molecule has 2 rings (SSSR count). The maximum atomic E-state index is 10.3. The quantitative estimate of drug-likeness (QED) is 0.652. The number of phenols is 2. The van der Waals surface area contributed by atoms with Crippen molar-refractivity contribution in [1.29, 1.82) is 0 Å². The first-order chi connectivity index (χ1) is 11.5. The first kappa shape index (κ1) is 5.16. The van der Waals surface area contributed by atoms with Crippen LogP contribution in [0.1, 0.15) is 50.1 Å². The van der Waals surface area contributed by atoms with Gasteiger partial charge in [-0.25, -0.2) is 0 Å². The van der Waals surface area contributed by atoms with E-state index in [1.165, 1.54) is 0 Å². The second-order valence-electron chi connectivity index (χ2n) is 4.14. The zero-order valence-corrected chi connectivity index (χ0v) is 8.94. The van der Waals surface area contributed by atoms with Crippen LogP contribution >= 0.6 is 0 Å². The third-order valence-electron chi connectivity index (χ3n) is 2.82. The third kappa shape index (κ3) is 2.23. The minimum Gasteiger partial charge on any atom is -0.508 e. The molecule has 0 bridgehead atoms. The van der Waals surface area contributed by atoms with Gasteiger partial charge in [-0.3, -0.25) is 4.90 Å². The largest absolute Gasteiger partial charge is 0.508 e. The van der Waals surface area contributed by atoms with Gasteiger partial charge in [-0.05, 0) is 32.2 Å². The summed E-state index contributed by atoms with van der Waals surface area (Å²) in [6.07, 6.45) is -1.50. The molecular weight excluding hydrogens is 218 g/mol. The van der Waals surface area contributed by atoms with Gasteiger partial charge in [-0.1, -0.05) is 0 Å². The van der Waals surface area contributed by atoms with E-state index >= 15 is 0 Å². The monoisotopic (exact) mass is 246 g/mol. The Morgan fingerprint density at radius 1 is 1.35 bits per heavy atom. The van der Waals surface area contributed by atoms with E-state index in [-0.39, 0.29) is 16.9 Å². The fourth-order valence-electron chi connectivity index (χ4n) is 1.95. The van der Waals surface area contributed by atoms with E-state index < -0.39 is 51.0 Å². The molecule has 0 radical (unpaired) electrons. The minimum absolute atomic E-state index is 0.0383. The van der Waals surface area contributed by atoms with Gasteiger partial charge in [0.2, 0.25) is 0 Å². The number of benzene rings is 1. The van der Waals surface area contributed by atoms with Crippen LogP contribution in [0.15, 0.2) is 12.1 Å². The van der Waals surface area contributed by atoms with E-state index in [0.717, 1.165) is 12.1 Å². The Morgan fingerprint density at radius 2 is 2.06 bits per heavy atom. The van der Waals surface area contributed by atoms with Gasteiger partial charge in [0.05, 0.1) is 6.10 Å². The van der Waals surface area contributed by atoms with Gasteiger partial charge in [-0.15, -0.1) is 0 Å². The average molecular weight is 246 g/mol. The Hall–Kier alpha value is -1.26. The van der Waals surface area contributed by atoms with Gasteiger partial charge in [0, 0.05) is 42.6 Å². The number of aromatic hydroxyl groups is 2. The van der Waals surface area contributed by atoms with Crippen LogP contribution in [0.2, 0.25) is 0 Å². The zero-order chi connectivity index (χ0) is 20.3. The Balaban J connectivity index is 2.72. The molecule has 1 aliphatic rings. The normalized spacial score (nSPS) is 31.4. The van der Waals surface area contributed by atoms with Crippen molar-refractivity contribution in [1.82, 2.24) is 4.90 Å². The highest BCUT2D eigenvalue weighted by molar-refractivity contribution is 5.47. The molecule has 1 atom stereocenters. The van der Waals surface area contributed by atoms with Gasteiger partial charge in [0.1, 0.15) is 11.5 Å². The molecule has 0 aliphatic carbocycles. The second-order valence-corrected chi connectivity index (χ2v) is 4.14. The highest BCUT2D eigenvalue weighted by Crippen LogP contribution is 2.37. The molecule has 0 amide bonds. The van der Waals surface area contributed by atoms with Crippen LogP contribution < -0.4 is 0 Å². The molecule has 3 N–H and O–H groups in total. The molecule has 1 heterocycles. The predicted octanol–water partition coefficient (Wildman–Crippen LogP) is 1.75. The van der Waals surface area contributed by atoms with Gasteiger partial charge in [0.15, 0.2) is 0 Å². The number of phenolic OH excluding ortho intramolecular Hbond substituents is 2. The van der Waals surface area contributed by atoms with E-state index in [1.807, 2.05) is 0 Å². The lowest BCUT2D eigenvalue weighted by atomic mass is 9.92. The molecule has 1 aliphatic heterocycles. The number of nitrogens with zero attached hydrogens (tertiary/aromatic N) is 1. The van der Waals surface area contributed by atoms with Crippen molar-refractivity contribution in [3.63, 3.8) is 0 Å². The molecular formula is C13H19NO3. The molecule has 1 aromatic carbocycles. The number of hydrogen-bond donors (Lipinski definition) is 3. The van der Waals surface area contributed by atoms with Crippen LogP contribution in [-0.4, -0.2) is 32.3 Å². The standard InChI is InChI=1S/C13H19NO3/c1-13(2,3)14-6-10-9(12(17)7-14)4-8(15)5-11(10)16/h4-5,12,15-17H,6-7H2,1-3H3/i1D3,2D3,3D3. The van der Waals surface area contributed by atoms with E-state index in [9.17, 15) is 15.3 Å². The average Bonchev–Trinajstić information content (AvgIpc) is 2.35. The van der Waals surface area contributed by atoms with Crippen molar-refractivity contribution in [3.8, 4) is 11.5 Å². The van der Waals surface area contributed by atoms with Gasteiger partial charge in [-0.2, -0.15) is 0 Å². The fourth-order valence-corrected chi connectivity index (χ4v) is 1.95. The summed E-state index contributed by atoms with van der Waals surface area (Å²) in [6, 6.07) is 2.09. The highest BCUT2D eigenvalue weighted by atomic mass is 16.3. The van der Waals surface area contributed by atoms with Crippen molar-refractivity contribution in [2.75, 3.05) is 6.54 Å². The Labute approximate surface area is 114 Å². The molecule has 0 spiro atoms. The summed E-state index contributed by atoms with van der Waals surface area (Å²) in [4.78, 5) is 0.670. The van der Waals surface area contributed by atoms with Crippen LogP contribution in [0.5, 0.6) is 11.5 Å². The molecule has 0 fully saturated rings. The smallest absolute Gasteiger partial charge is 0.124 e. The number of hydrogen-bond acceptors (Lipinski definition) is 4. The van der Waals surface area contributed by atoms with Gasteiger partial charge in [0.25, 0.3) is 0 Å². The number of β-amino-alcohol motifs (C(OH)–C–C–N with tert-alkyl or cyclic N) is 1. The van der Waals surface area contributed by atoms with Gasteiger partial charge < -0.3 is 15.3 Å². The molecule has 0 aromatic heterocycles. The van der Waals surface area contributed by atoms with Crippen molar-refractivity contribution in [2.45, 2.75) is 38.7 Å². The van der Waals surface area contributed by atoms with Crippen LogP contribution in [-0.2, 0) is 6.54 Å². The Kier molecular flexibility index (Phi) is 1.18. The topological polar surface area (TPSA) is 63.9 Å². The molecule has 1 unspecified atom stereocenters. The summed E-state index contributed by atoms with van der Waals surface area (Å²) in [5.41, 5.74) is -3.21. The molecule has 4 nitrogen and oxygen atoms in total. The summed E-state index contributed by atoms with van der Waals surface area (Å²) in [7, 11) is 0. The maximum absolute atomic E-state index is 10.3. The first-order valence-electron chi connectivity index (χ1n) is 9.52. The number of rotatable bonds is 0. The van der Waals surface area contributed by atoms with Crippen molar-refractivity contribution in [3.05, 3.63) is 23.3 Å². The van der Waals surface area contributed by atoms with Crippen LogP contribution in [0.4, 0.5) is 0 Å². The molecule has 17 heavy (non-hydrogen) atoms. The summed E-state index contributed by atoms with van der Waals surface area (Å²) >= 11 is 0. The van der Waals surface area contributed by atoms with Crippen molar-refractivity contribution < 1.29 is 27.7 Å². The SMILES string of the molecule is [2H]C([2H])([2H])C(N1Cc2c(O)cc(O)cc2C(O)C1)(C([2H])([2H])[2H])C([2H])([2H])[2H]. The fraction of sp³-hybridized carbons (Fsp3) is 0.538. The predicted molar refractivity (Wildman–Crippen MR) is 64.9 cm³/mol.